The Morgan fingerprint density at radius 2 is 1.76 bits per heavy atom. The van der Waals surface area contributed by atoms with Crippen molar-refractivity contribution in [1.29, 1.82) is 0 Å². The third-order valence-corrected chi connectivity index (χ3v) is 2.20. The minimum atomic E-state index is -1.21. The zero-order chi connectivity index (χ0) is 13.3. The standard InChI is InChI=1S/C12H22O5/c1-5-8-12(4,11(14)16-7-3)17-10(13)9-15-6-2/h5-9H2,1-4H3. The zero-order valence-electron chi connectivity index (χ0n) is 11.1. The van der Waals surface area contributed by atoms with E-state index in [0.717, 1.165) is 6.42 Å². The van der Waals surface area contributed by atoms with Gasteiger partial charge < -0.3 is 14.2 Å². The van der Waals surface area contributed by atoms with Crippen LogP contribution in [0.2, 0.25) is 0 Å². The van der Waals surface area contributed by atoms with E-state index < -0.39 is 17.5 Å². The van der Waals surface area contributed by atoms with Gasteiger partial charge in [-0.05, 0) is 27.2 Å². The second-order valence-corrected chi connectivity index (χ2v) is 3.81. The highest BCUT2D eigenvalue weighted by atomic mass is 16.6. The Labute approximate surface area is 102 Å². The highest BCUT2D eigenvalue weighted by molar-refractivity contribution is 5.83. The molecule has 0 bridgehead atoms. The van der Waals surface area contributed by atoms with Gasteiger partial charge in [-0.3, -0.25) is 0 Å². The molecule has 0 saturated heterocycles. The van der Waals surface area contributed by atoms with Gasteiger partial charge in [-0.15, -0.1) is 0 Å². The van der Waals surface area contributed by atoms with E-state index in [0.29, 0.717) is 13.0 Å². The van der Waals surface area contributed by atoms with E-state index in [4.69, 9.17) is 14.2 Å². The van der Waals surface area contributed by atoms with Crippen molar-refractivity contribution >= 4 is 11.9 Å². The SMILES string of the molecule is CCCC(C)(OC(=O)COCC)C(=O)OCC. The maximum atomic E-state index is 11.7. The normalized spacial score (nSPS) is 13.9. The van der Waals surface area contributed by atoms with E-state index in [-0.39, 0.29) is 13.2 Å². The maximum absolute atomic E-state index is 11.7. The maximum Gasteiger partial charge on any atom is 0.350 e. The molecule has 5 nitrogen and oxygen atoms in total. The van der Waals surface area contributed by atoms with Crippen molar-refractivity contribution in [1.82, 2.24) is 0 Å². The molecule has 0 aliphatic heterocycles. The van der Waals surface area contributed by atoms with Crippen LogP contribution in [0.1, 0.15) is 40.5 Å². The predicted octanol–water partition coefficient (Wildman–Crippen LogP) is 1.69. The van der Waals surface area contributed by atoms with Gasteiger partial charge in [0.15, 0.2) is 0 Å². The summed E-state index contributed by atoms with van der Waals surface area (Å²) in [6.45, 7) is 7.53. The van der Waals surface area contributed by atoms with Crippen molar-refractivity contribution in [3.05, 3.63) is 0 Å². The monoisotopic (exact) mass is 246 g/mol. The summed E-state index contributed by atoms with van der Waals surface area (Å²) in [5, 5.41) is 0. The fourth-order valence-corrected chi connectivity index (χ4v) is 1.42. The number of carbonyl (C=O) groups is 2. The van der Waals surface area contributed by atoms with Crippen LogP contribution < -0.4 is 0 Å². The average molecular weight is 246 g/mol. The van der Waals surface area contributed by atoms with Crippen molar-refractivity contribution in [2.45, 2.75) is 46.1 Å². The topological polar surface area (TPSA) is 61.8 Å². The Morgan fingerprint density at radius 3 is 2.24 bits per heavy atom. The molecule has 17 heavy (non-hydrogen) atoms. The number of carbonyl (C=O) groups excluding carboxylic acids is 2. The van der Waals surface area contributed by atoms with Gasteiger partial charge in [0.05, 0.1) is 6.61 Å². The van der Waals surface area contributed by atoms with Gasteiger partial charge in [-0.1, -0.05) is 13.3 Å². The van der Waals surface area contributed by atoms with Crippen molar-refractivity contribution < 1.29 is 23.8 Å². The molecular weight excluding hydrogens is 224 g/mol. The molecule has 0 heterocycles. The van der Waals surface area contributed by atoms with Gasteiger partial charge >= 0.3 is 11.9 Å². The number of hydrogen-bond acceptors (Lipinski definition) is 5. The zero-order valence-corrected chi connectivity index (χ0v) is 11.1. The lowest BCUT2D eigenvalue weighted by Crippen LogP contribution is -2.42. The first-order valence-corrected chi connectivity index (χ1v) is 5.97. The minimum Gasteiger partial charge on any atom is -0.463 e. The minimum absolute atomic E-state index is 0.144. The highest BCUT2D eigenvalue weighted by Gasteiger charge is 2.38. The van der Waals surface area contributed by atoms with Crippen LogP contribution in [0.25, 0.3) is 0 Å². The highest BCUT2D eigenvalue weighted by Crippen LogP contribution is 2.20. The lowest BCUT2D eigenvalue weighted by molar-refractivity contribution is -0.183. The molecule has 0 aliphatic carbocycles. The molecule has 0 N–H and O–H groups in total. The Morgan fingerprint density at radius 1 is 1.12 bits per heavy atom. The third-order valence-electron chi connectivity index (χ3n) is 2.20. The summed E-state index contributed by atoms with van der Waals surface area (Å²) < 4.78 is 15.0. The molecule has 0 aromatic carbocycles. The molecule has 0 saturated carbocycles. The summed E-state index contributed by atoms with van der Waals surface area (Å²) in [5.74, 6) is -1.05. The molecule has 1 atom stereocenters. The van der Waals surface area contributed by atoms with Crippen LogP contribution in [0, 0.1) is 0 Å². The van der Waals surface area contributed by atoms with Gasteiger partial charge in [-0.25, -0.2) is 9.59 Å². The van der Waals surface area contributed by atoms with Crippen LogP contribution >= 0.6 is 0 Å². The fraction of sp³-hybridized carbons (Fsp3) is 0.833. The van der Waals surface area contributed by atoms with Crippen molar-refractivity contribution in [2.24, 2.45) is 0 Å². The van der Waals surface area contributed by atoms with Crippen LogP contribution in [0.3, 0.4) is 0 Å². The molecule has 0 spiro atoms. The van der Waals surface area contributed by atoms with Crippen LogP contribution in [0.5, 0.6) is 0 Å². The second-order valence-electron chi connectivity index (χ2n) is 3.81. The summed E-state index contributed by atoms with van der Waals surface area (Å²) >= 11 is 0. The van der Waals surface area contributed by atoms with E-state index in [2.05, 4.69) is 0 Å². The number of esters is 2. The van der Waals surface area contributed by atoms with Crippen molar-refractivity contribution in [3.8, 4) is 0 Å². The van der Waals surface area contributed by atoms with Gasteiger partial charge in [0.1, 0.15) is 6.61 Å². The van der Waals surface area contributed by atoms with Crippen molar-refractivity contribution in [2.75, 3.05) is 19.8 Å². The lowest BCUT2D eigenvalue weighted by Gasteiger charge is -2.26. The second kappa shape index (κ2) is 8.06. The predicted molar refractivity (Wildman–Crippen MR) is 62.5 cm³/mol. The number of hydrogen-bond donors (Lipinski definition) is 0. The lowest BCUT2D eigenvalue weighted by atomic mass is 10.0. The first-order chi connectivity index (χ1) is 8.00. The van der Waals surface area contributed by atoms with E-state index in [1.54, 1.807) is 20.8 Å². The third kappa shape index (κ3) is 5.68. The summed E-state index contributed by atoms with van der Waals surface area (Å²) in [4.78, 5) is 23.2. The van der Waals surface area contributed by atoms with Gasteiger partial charge in [0, 0.05) is 6.61 Å². The summed E-state index contributed by atoms with van der Waals surface area (Å²) in [6, 6.07) is 0. The van der Waals surface area contributed by atoms with Crippen LogP contribution in [-0.2, 0) is 23.8 Å². The Hall–Kier alpha value is -1.10. The molecule has 0 aromatic rings. The summed E-state index contributed by atoms with van der Waals surface area (Å²) in [6.07, 6.45) is 1.15. The van der Waals surface area contributed by atoms with E-state index >= 15 is 0 Å². The Kier molecular flexibility index (Phi) is 7.54. The van der Waals surface area contributed by atoms with Crippen LogP contribution in [0.15, 0.2) is 0 Å². The molecule has 100 valence electrons. The molecule has 0 radical (unpaired) electrons. The van der Waals surface area contributed by atoms with Crippen LogP contribution in [0.4, 0.5) is 0 Å². The molecular formula is C12H22O5. The number of rotatable bonds is 8. The van der Waals surface area contributed by atoms with Crippen LogP contribution in [-0.4, -0.2) is 37.4 Å². The van der Waals surface area contributed by atoms with Gasteiger partial charge in [-0.2, -0.15) is 0 Å². The Balaban J connectivity index is 4.48. The van der Waals surface area contributed by atoms with E-state index in [1.807, 2.05) is 6.92 Å². The Bertz CT molecular complexity index is 251. The fourth-order valence-electron chi connectivity index (χ4n) is 1.42. The quantitative estimate of drug-likeness (QED) is 0.610. The molecule has 0 fully saturated rings. The molecule has 5 heteroatoms. The van der Waals surface area contributed by atoms with Crippen molar-refractivity contribution in [3.63, 3.8) is 0 Å². The summed E-state index contributed by atoms with van der Waals surface area (Å²) in [7, 11) is 0. The molecule has 1 unspecified atom stereocenters. The molecule has 0 aliphatic rings. The first-order valence-electron chi connectivity index (χ1n) is 5.97. The van der Waals surface area contributed by atoms with E-state index in [9.17, 15) is 9.59 Å². The molecule has 0 aromatic heterocycles. The number of ether oxygens (including phenoxy) is 3. The summed E-state index contributed by atoms with van der Waals surface area (Å²) in [5.41, 5.74) is -1.21. The van der Waals surface area contributed by atoms with E-state index in [1.165, 1.54) is 0 Å². The largest absolute Gasteiger partial charge is 0.463 e. The molecule has 0 rings (SSSR count). The molecule has 0 amide bonds. The van der Waals surface area contributed by atoms with Gasteiger partial charge in [0.25, 0.3) is 0 Å². The first kappa shape index (κ1) is 15.9. The average Bonchev–Trinajstić information content (AvgIpc) is 2.27. The smallest absolute Gasteiger partial charge is 0.350 e. The van der Waals surface area contributed by atoms with Gasteiger partial charge in [0.2, 0.25) is 5.60 Å².